The predicted octanol–water partition coefficient (Wildman–Crippen LogP) is 11.3. The molecule has 1 unspecified atom stereocenters. The number of furan rings is 1. The van der Waals surface area contributed by atoms with Gasteiger partial charge in [-0.25, -0.2) is 15.0 Å². The Bertz CT molecular complexity index is 2780. The quantitative estimate of drug-likeness (QED) is 0.185. The molecule has 51 heavy (non-hydrogen) atoms. The van der Waals surface area contributed by atoms with Gasteiger partial charge in [-0.1, -0.05) is 140 Å². The van der Waals surface area contributed by atoms with E-state index in [1.165, 1.54) is 27.5 Å². The van der Waals surface area contributed by atoms with Gasteiger partial charge < -0.3 is 4.42 Å². The summed E-state index contributed by atoms with van der Waals surface area (Å²) in [6.45, 7) is 0. The zero-order valence-corrected chi connectivity index (χ0v) is 27.6. The molecule has 0 spiro atoms. The molecule has 0 N–H and O–H groups in total. The SMILES string of the molecule is C1=CC(c2nc(-c3ccccc3)nc(-c3ccc(-c4ccc(-c5cccc6oc7ccncc7c56)c5ccccc45)cc3)n2)Cc2ccccc21. The number of aromatic nitrogens is 4. The number of hydrogen-bond donors (Lipinski definition) is 0. The molecule has 0 aliphatic heterocycles. The van der Waals surface area contributed by atoms with Gasteiger partial charge in [-0.2, -0.15) is 0 Å². The van der Waals surface area contributed by atoms with E-state index in [1.807, 2.05) is 36.5 Å². The van der Waals surface area contributed by atoms with Gasteiger partial charge in [0.05, 0.1) is 0 Å². The van der Waals surface area contributed by atoms with E-state index in [2.05, 4.69) is 126 Å². The smallest absolute Gasteiger partial charge is 0.163 e. The fourth-order valence-electron chi connectivity index (χ4n) is 7.47. The van der Waals surface area contributed by atoms with E-state index in [1.54, 1.807) is 6.20 Å². The van der Waals surface area contributed by atoms with Crippen LogP contribution in [0.2, 0.25) is 0 Å². The van der Waals surface area contributed by atoms with Crippen LogP contribution < -0.4 is 0 Å². The lowest BCUT2D eigenvalue weighted by Gasteiger charge is -2.19. The summed E-state index contributed by atoms with van der Waals surface area (Å²) < 4.78 is 6.20. The van der Waals surface area contributed by atoms with Crippen LogP contribution in [0.4, 0.5) is 0 Å². The maximum absolute atomic E-state index is 6.20. The first-order valence-electron chi connectivity index (χ1n) is 17.2. The van der Waals surface area contributed by atoms with Crippen LogP contribution in [0.3, 0.4) is 0 Å². The van der Waals surface area contributed by atoms with Gasteiger partial charge >= 0.3 is 0 Å². The normalized spacial score (nSPS) is 13.9. The summed E-state index contributed by atoms with van der Waals surface area (Å²) >= 11 is 0. The minimum atomic E-state index is 0.0652. The van der Waals surface area contributed by atoms with Crippen molar-refractivity contribution in [3.05, 3.63) is 175 Å². The second kappa shape index (κ2) is 12.0. The van der Waals surface area contributed by atoms with E-state index < -0.39 is 0 Å². The van der Waals surface area contributed by atoms with Crippen LogP contribution in [0.25, 0.3) is 83.8 Å². The monoisotopic (exact) mass is 654 g/mol. The van der Waals surface area contributed by atoms with Crippen LogP contribution in [-0.4, -0.2) is 19.9 Å². The van der Waals surface area contributed by atoms with Crippen LogP contribution in [0, 0.1) is 0 Å². The van der Waals surface area contributed by atoms with Crippen LogP contribution in [0.5, 0.6) is 0 Å². The molecule has 0 amide bonds. The predicted molar refractivity (Wildman–Crippen MR) is 206 cm³/mol. The Hall–Kier alpha value is -6.72. The largest absolute Gasteiger partial charge is 0.456 e. The molecule has 0 bridgehead atoms. The molecule has 240 valence electrons. The summed E-state index contributed by atoms with van der Waals surface area (Å²) in [5.41, 5.74) is 10.8. The third-order valence-electron chi connectivity index (χ3n) is 9.98. The van der Waals surface area contributed by atoms with E-state index in [-0.39, 0.29) is 5.92 Å². The standard InChI is InChI=1S/C46H30N4O/c1-2-10-31(11-3-1)44-48-45(50-46(49-44)34-22-17-29-9-4-5-12-33(29)27-34)32-20-18-30(19-21-32)35-23-24-38(37-14-7-6-13-36(35)37)39-15-8-16-42-43(39)40-28-47-26-25-41(40)51-42/h1-26,28,34H,27H2. The summed E-state index contributed by atoms with van der Waals surface area (Å²) in [5, 5.41) is 4.47. The summed E-state index contributed by atoms with van der Waals surface area (Å²) in [6, 6.07) is 48.6. The molecule has 0 saturated carbocycles. The van der Waals surface area contributed by atoms with Crippen LogP contribution >= 0.6 is 0 Å². The molecule has 10 rings (SSSR count). The molecular formula is C46H30N4O. The minimum Gasteiger partial charge on any atom is -0.456 e. The number of rotatable bonds is 5. The number of nitrogens with zero attached hydrogens (tertiary/aromatic N) is 4. The molecule has 1 aliphatic carbocycles. The number of hydrogen-bond acceptors (Lipinski definition) is 5. The van der Waals surface area contributed by atoms with Crippen molar-refractivity contribution in [2.75, 3.05) is 0 Å². The highest BCUT2D eigenvalue weighted by Crippen LogP contribution is 2.41. The zero-order valence-electron chi connectivity index (χ0n) is 27.6. The Balaban J connectivity index is 1.05. The van der Waals surface area contributed by atoms with Gasteiger partial charge in [0.25, 0.3) is 0 Å². The Morgan fingerprint density at radius 2 is 1.22 bits per heavy atom. The molecule has 5 heteroatoms. The number of benzene rings is 6. The maximum atomic E-state index is 6.20. The number of fused-ring (bicyclic) bond motifs is 5. The molecule has 1 aliphatic rings. The molecule has 0 fully saturated rings. The molecule has 3 aromatic heterocycles. The van der Waals surface area contributed by atoms with Crippen molar-refractivity contribution in [3.63, 3.8) is 0 Å². The van der Waals surface area contributed by atoms with Crippen LogP contribution in [0.1, 0.15) is 22.9 Å². The lowest BCUT2D eigenvalue weighted by Crippen LogP contribution is -2.12. The van der Waals surface area contributed by atoms with Gasteiger partial charge in [0.2, 0.25) is 0 Å². The van der Waals surface area contributed by atoms with Crippen molar-refractivity contribution in [1.29, 1.82) is 0 Å². The van der Waals surface area contributed by atoms with Crippen LogP contribution in [0.15, 0.2) is 162 Å². The van der Waals surface area contributed by atoms with Crippen molar-refractivity contribution in [3.8, 4) is 45.0 Å². The molecule has 3 heterocycles. The maximum Gasteiger partial charge on any atom is 0.163 e. The summed E-state index contributed by atoms with van der Waals surface area (Å²) in [6.07, 6.45) is 8.94. The van der Waals surface area contributed by atoms with Gasteiger partial charge in [0, 0.05) is 40.2 Å². The number of pyridine rings is 1. The first-order valence-corrected chi connectivity index (χ1v) is 17.2. The molecule has 0 radical (unpaired) electrons. The van der Waals surface area contributed by atoms with Gasteiger partial charge in [-0.05, 0) is 62.7 Å². The average Bonchev–Trinajstić information content (AvgIpc) is 3.60. The van der Waals surface area contributed by atoms with Crippen LogP contribution in [-0.2, 0) is 6.42 Å². The second-order valence-corrected chi connectivity index (χ2v) is 13.0. The minimum absolute atomic E-state index is 0.0652. The Labute approximate surface area is 294 Å². The summed E-state index contributed by atoms with van der Waals surface area (Å²) in [5.74, 6) is 2.21. The fourth-order valence-corrected chi connectivity index (χ4v) is 7.47. The van der Waals surface area contributed by atoms with E-state index in [9.17, 15) is 0 Å². The van der Waals surface area contributed by atoms with Gasteiger partial charge in [-0.15, -0.1) is 0 Å². The highest BCUT2D eigenvalue weighted by atomic mass is 16.3. The third-order valence-corrected chi connectivity index (χ3v) is 9.98. The second-order valence-electron chi connectivity index (χ2n) is 13.0. The van der Waals surface area contributed by atoms with Crippen molar-refractivity contribution in [2.45, 2.75) is 12.3 Å². The first kappa shape index (κ1) is 29.2. The highest BCUT2D eigenvalue weighted by molar-refractivity contribution is 6.16. The lowest BCUT2D eigenvalue weighted by atomic mass is 9.89. The molecule has 0 saturated heterocycles. The molecule has 5 nitrogen and oxygen atoms in total. The fraction of sp³-hybridized carbons (Fsp3) is 0.0435. The topological polar surface area (TPSA) is 64.7 Å². The zero-order chi connectivity index (χ0) is 33.7. The highest BCUT2D eigenvalue weighted by Gasteiger charge is 2.21. The van der Waals surface area contributed by atoms with Gasteiger partial charge in [0.15, 0.2) is 11.6 Å². The molecule has 1 atom stereocenters. The van der Waals surface area contributed by atoms with Crippen molar-refractivity contribution in [2.24, 2.45) is 0 Å². The summed E-state index contributed by atoms with van der Waals surface area (Å²) in [4.78, 5) is 19.5. The average molecular weight is 655 g/mol. The molecular weight excluding hydrogens is 625 g/mol. The lowest BCUT2D eigenvalue weighted by molar-refractivity contribution is 0.668. The first-order chi connectivity index (χ1) is 25.3. The number of allylic oxidation sites excluding steroid dienone is 1. The van der Waals surface area contributed by atoms with Gasteiger partial charge in [0.1, 0.15) is 17.0 Å². The van der Waals surface area contributed by atoms with Crippen molar-refractivity contribution in [1.82, 2.24) is 19.9 Å². The van der Waals surface area contributed by atoms with E-state index in [0.29, 0.717) is 11.6 Å². The van der Waals surface area contributed by atoms with Crippen molar-refractivity contribution >= 4 is 38.8 Å². The van der Waals surface area contributed by atoms with E-state index >= 15 is 0 Å². The Morgan fingerprint density at radius 3 is 2.06 bits per heavy atom. The van der Waals surface area contributed by atoms with Crippen molar-refractivity contribution < 1.29 is 4.42 Å². The molecule has 9 aromatic rings. The third kappa shape index (κ3) is 5.10. The Morgan fingerprint density at radius 1 is 0.510 bits per heavy atom. The van der Waals surface area contributed by atoms with E-state index in [4.69, 9.17) is 19.4 Å². The van der Waals surface area contributed by atoms with E-state index in [0.717, 1.165) is 62.0 Å². The Kier molecular flexibility index (Phi) is 6.88. The molecule has 6 aromatic carbocycles. The summed E-state index contributed by atoms with van der Waals surface area (Å²) in [7, 11) is 0. The van der Waals surface area contributed by atoms with Gasteiger partial charge in [-0.3, -0.25) is 4.98 Å².